The minimum Gasteiger partial charge on any atom is -0.460 e. The summed E-state index contributed by atoms with van der Waals surface area (Å²) in [5.41, 5.74) is 1.89. The molecule has 3 rings (SSSR count). The van der Waals surface area contributed by atoms with Crippen LogP contribution >= 0.6 is 0 Å². The highest BCUT2D eigenvalue weighted by Crippen LogP contribution is 2.04. The summed E-state index contributed by atoms with van der Waals surface area (Å²) < 4.78 is 11.0. The highest BCUT2D eigenvalue weighted by Gasteiger charge is 2.18. The van der Waals surface area contributed by atoms with Crippen molar-refractivity contribution in [3.05, 3.63) is 71.8 Å². The van der Waals surface area contributed by atoms with Crippen molar-refractivity contribution >= 4 is 18.2 Å². The maximum atomic E-state index is 12.6. The molecular formula is C28H38N4O5. The van der Waals surface area contributed by atoms with Gasteiger partial charge < -0.3 is 19.6 Å². The Morgan fingerprint density at radius 1 is 0.676 bits per heavy atom. The third kappa shape index (κ3) is 11.7. The van der Waals surface area contributed by atoms with E-state index in [9.17, 15) is 14.4 Å². The number of benzene rings is 2. The van der Waals surface area contributed by atoms with Gasteiger partial charge in [-0.25, -0.2) is 0 Å². The Hall–Kier alpha value is -3.11. The summed E-state index contributed by atoms with van der Waals surface area (Å²) in [5.74, 6) is -0.574. The number of nitrogens with one attached hydrogen (secondary N) is 1. The first-order chi connectivity index (χ1) is 18.1. The van der Waals surface area contributed by atoms with Crippen LogP contribution in [0.2, 0.25) is 0 Å². The molecule has 2 aromatic rings. The number of rotatable bonds is 10. The van der Waals surface area contributed by atoms with E-state index in [4.69, 9.17) is 9.47 Å². The van der Waals surface area contributed by atoms with E-state index in [1.165, 1.54) is 0 Å². The molecule has 1 aliphatic heterocycles. The van der Waals surface area contributed by atoms with Crippen molar-refractivity contribution in [2.24, 2.45) is 0 Å². The van der Waals surface area contributed by atoms with Crippen LogP contribution in [-0.4, -0.2) is 105 Å². The lowest BCUT2D eigenvalue weighted by Crippen LogP contribution is -2.47. The molecule has 9 heteroatoms. The van der Waals surface area contributed by atoms with E-state index in [0.717, 1.165) is 30.5 Å². The molecule has 2 aromatic carbocycles. The predicted octanol–water partition coefficient (Wildman–Crippen LogP) is 1.18. The molecule has 0 radical (unpaired) electrons. The molecule has 0 amide bonds. The van der Waals surface area contributed by atoms with Crippen molar-refractivity contribution in [3.63, 3.8) is 0 Å². The Balaban J connectivity index is 1.55. The predicted molar refractivity (Wildman–Crippen MR) is 141 cm³/mol. The van der Waals surface area contributed by atoms with Crippen LogP contribution in [0.5, 0.6) is 0 Å². The van der Waals surface area contributed by atoms with Crippen LogP contribution < -0.4 is 5.32 Å². The van der Waals surface area contributed by atoms with Crippen LogP contribution in [0.1, 0.15) is 11.1 Å². The maximum absolute atomic E-state index is 12.6. The van der Waals surface area contributed by atoms with Gasteiger partial charge in [-0.3, -0.25) is 24.3 Å². The van der Waals surface area contributed by atoms with Crippen LogP contribution in [0.4, 0.5) is 0 Å². The Bertz CT molecular complexity index is 944. The number of ether oxygens (including phenoxy) is 2. The van der Waals surface area contributed by atoms with Crippen molar-refractivity contribution in [1.29, 1.82) is 0 Å². The molecule has 0 aliphatic carbocycles. The van der Waals surface area contributed by atoms with E-state index in [-0.39, 0.29) is 38.2 Å². The molecule has 9 nitrogen and oxygen atoms in total. The van der Waals surface area contributed by atoms with Gasteiger partial charge in [0.25, 0.3) is 0 Å². The van der Waals surface area contributed by atoms with Gasteiger partial charge in [0.15, 0.2) is 0 Å². The minimum atomic E-state index is -0.298. The number of hydrogen-bond acceptors (Lipinski definition) is 9. The quantitative estimate of drug-likeness (QED) is 0.374. The van der Waals surface area contributed by atoms with E-state index in [2.05, 4.69) is 10.2 Å². The number of hydrogen-bond donors (Lipinski definition) is 1. The molecule has 0 atom stereocenters. The Labute approximate surface area is 219 Å². The second-order valence-corrected chi connectivity index (χ2v) is 9.06. The summed E-state index contributed by atoms with van der Waals surface area (Å²) >= 11 is 0. The van der Waals surface area contributed by atoms with E-state index < -0.39 is 0 Å². The summed E-state index contributed by atoms with van der Waals surface area (Å²) in [6.07, 6.45) is 0.910. The molecule has 0 aromatic heterocycles. The fraction of sp³-hybridized carbons (Fsp3) is 0.464. The largest absolute Gasteiger partial charge is 0.460 e. The molecule has 0 spiro atoms. The van der Waals surface area contributed by atoms with Gasteiger partial charge in [-0.1, -0.05) is 60.7 Å². The zero-order valence-electron chi connectivity index (χ0n) is 21.4. The summed E-state index contributed by atoms with van der Waals surface area (Å²) in [6, 6.07) is 19.2. The summed E-state index contributed by atoms with van der Waals surface area (Å²) in [5, 5.41) is 3.39. The van der Waals surface area contributed by atoms with Crippen LogP contribution in [0.3, 0.4) is 0 Å². The average molecular weight is 511 g/mol. The van der Waals surface area contributed by atoms with Gasteiger partial charge in [0.05, 0.1) is 19.6 Å². The van der Waals surface area contributed by atoms with Gasteiger partial charge in [0.2, 0.25) is 0 Å². The monoisotopic (exact) mass is 510 g/mol. The van der Waals surface area contributed by atoms with Crippen LogP contribution in [0, 0.1) is 0 Å². The zero-order chi connectivity index (χ0) is 26.1. The highest BCUT2D eigenvalue weighted by atomic mass is 16.5. The van der Waals surface area contributed by atoms with Gasteiger partial charge in [-0.2, -0.15) is 0 Å². The fourth-order valence-electron chi connectivity index (χ4n) is 4.04. The van der Waals surface area contributed by atoms with Crippen LogP contribution in [0.25, 0.3) is 0 Å². The van der Waals surface area contributed by atoms with Crippen molar-refractivity contribution in [2.75, 3.05) is 72.0 Å². The second-order valence-electron chi connectivity index (χ2n) is 9.06. The lowest BCUT2D eigenvalue weighted by molar-refractivity contribution is -0.148. The van der Waals surface area contributed by atoms with Gasteiger partial charge in [-0.15, -0.1) is 0 Å². The Kier molecular flexibility index (Phi) is 12.8. The summed E-state index contributed by atoms with van der Waals surface area (Å²) in [6.45, 7) is 6.45. The summed E-state index contributed by atoms with van der Waals surface area (Å²) in [7, 11) is 0. The molecule has 200 valence electrons. The Morgan fingerprint density at radius 2 is 1.11 bits per heavy atom. The number of aldehydes is 1. The number of carbonyl (C=O) groups excluding carboxylic acids is 3. The molecular weight excluding hydrogens is 472 g/mol. The second kappa shape index (κ2) is 16.6. The van der Waals surface area contributed by atoms with Gasteiger partial charge in [-0.05, 0) is 11.1 Å². The summed E-state index contributed by atoms with van der Waals surface area (Å²) in [4.78, 5) is 42.4. The normalized spacial score (nSPS) is 16.8. The first-order valence-electron chi connectivity index (χ1n) is 12.8. The number of esters is 2. The van der Waals surface area contributed by atoms with E-state index in [1.807, 2.05) is 70.5 Å². The third-order valence-electron chi connectivity index (χ3n) is 6.20. The van der Waals surface area contributed by atoms with E-state index >= 15 is 0 Å². The van der Waals surface area contributed by atoms with Crippen LogP contribution in [-0.2, 0) is 37.1 Å². The van der Waals surface area contributed by atoms with Gasteiger partial charge >= 0.3 is 11.9 Å². The standard InChI is InChI=1S/C28H38N4O5/c33-20-19-30-13-11-29-12-14-31(21-27(34)36-23-25-7-3-1-4-8-25)17-18-32(16-15-30)22-28(35)37-24-26-9-5-2-6-10-26/h1-10,20,29H,11-19,21-24H2. The van der Waals surface area contributed by atoms with E-state index in [0.29, 0.717) is 45.8 Å². The molecule has 1 fully saturated rings. The van der Waals surface area contributed by atoms with Crippen molar-refractivity contribution in [1.82, 2.24) is 20.0 Å². The van der Waals surface area contributed by atoms with E-state index in [1.54, 1.807) is 0 Å². The molecule has 0 saturated carbocycles. The van der Waals surface area contributed by atoms with Crippen molar-refractivity contribution in [2.45, 2.75) is 13.2 Å². The van der Waals surface area contributed by atoms with Crippen LogP contribution in [0.15, 0.2) is 60.7 Å². The molecule has 1 saturated heterocycles. The van der Waals surface area contributed by atoms with Gasteiger partial charge in [0, 0.05) is 52.4 Å². The van der Waals surface area contributed by atoms with Crippen molar-refractivity contribution in [3.8, 4) is 0 Å². The molecule has 0 bridgehead atoms. The van der Waals surface area contributed by atoms with Crippen molar-refractivity contribution < 1.29 is 23.9 Å². The Morgan fingerprint density at radius 3 is 1.59 bits per heavy atom. The lowest BCUT2D eigenvalue weighted by atomic mass is 10.2. The highest BCUT2D eigenvalue weighted by molar-refractivity contribution is 5.72. The smallest absolute Gasteiger partial charge is 0.320 e. The number of nitrogens with zero attached hydrogens (tertiary/aromatic N) is 3. The first-order valence-corrected chi connectivity index (χ1v) is 12.8. The fourth-order valence-corrected chi connectivity index (χ4v) is 4.04. The number of carbonyl (C=O) groups is 3. The van der Waals surface area contributed by atoms with Gasteiger partial charge in [0.1, 0.15) is 19.5 Å². The maximum Gasteiger partial charge on any atom is 0.320 e. The molecule has 0 unspecified atom stereocenters. The molecule has 1 N–H and O–H groups in total. The molecule has 37 heavy (non-hydrogen) atoms. The topological polar surface area (TPSA) is 91.4 Å². The molecule has 1 heterocycles. The molecule has 1 aliphatic rings. The third-order valence-corrected chi connectivity index (χ3v) is 6.20. The minimum absolute atomic E-state index is 0.145. The first kappa shape index (κ1) is 28.5. The lowest BCUT2D eigenvalue weighted by Gasteiger charge is -2.30. The SMILES string of the molecule is O=CCN1CCNCCN(CC(=O)OCc2ccccc2)CCN(CC(=O)OCc2ccccc2)CC1. The average Bonchev–Trinajstić information content (AvgIpc) is 2.92. The zero-order valence-corrected chi connectivity index (χ0v) is 21.4.